The summed E-state index contributed by atoms with van der Waals surface area (Å²) >= 11 is 0.937. The molecule has 2 rings (SSSR count). The molecule has 0 amide bonds. The van der Waals surface area contributed by atoms with Gasteiger partial charge >= 0.3 is 12.1 Å². The summed E-state index contributed by atoms with van der Waals surface area (Å²) in [5.41, 5.74) is -0.669. The molecule has 182 valence electrons. The van der Waals surface area contributed by atoms with Crippen molar-refractivity contribution in [3.8, 4) is 0 Å². The van der Waals surface area contributed by atoms with Gasteiger partial charge < -0.3 is 4.84 Å². The van der Waals surface area contributed by atoms with Crippen LogP contribution in [0.25, 0.3) is 0 Å². The number of carbonyl (C=O) groups is 2. The van der Waals surface area contributed by atoms with E-state index in [4.69, 9.17) is 4.84 Å². The monoisotopic (exact) mass is 506 g/mol. The molecule has 1 N–H and O–H groups in total. The number of carbonyl (C=O) groups excluding carboxylic acids is 2. The fraction of sp³-hybridized carbons (Fsp3) is 0.429. The summed E-state index contributed by atoms with van der Waals surface area (Å²) < 4.78 is 66.4. The van der Waals surface area contributed by atoms with E-state index in [2.05, 4.69) is 11.6 Å². The quantitative estimate of drug-likeness (QED) is 0.189. The van der Waals surface area contributed by atoms with Gasteiger partial charge in [0.25, 0.3) is 0 Å². The predicted molar refractivity (Wildman–Crippen MR) is 116 cm³/mol. The summed E-state index contributed by atoms with van der Waals surface area (Å²) in [5, 5.41) is 1.01. The molecular formula is C21H25F3N2O5S2. The summed E-state index contributed by atoms with van der Waals surface area (Å²) in [7, 11) is -3.71. The highest BCUT2D eigenvalue weighted by Gasteiger charge is 2.30. The van der Waals surface area contributed by atoms with E-state index < -0.39 is 27.7 Å². The first-order valence-corrected chi connectivity index (χ1v) is 12.5. The van der Waals surface area contributed by atoms with Gasteiger partial charge in [-0.3, -0.25) is 4.79 Å². The molecule has 0 fully saturated rings. The van der Waals surface area contributed by atoms with Gasteiger partial charge in [0.2, 0.25) is 16.3 Å². The van der Waals surface area contributed by atoms with Crippen molar-refractivity contribution >= 4 is 33.6 Å². The second-order valence-electron chi connectivity index (χ2n) is 7.20. The minimum absolute atomic E-state index is 0.0636. The average molecular weight is 507 g/mol. The highest BCUT2D eigenvalue weighted by molar-refractivity contribution is 7.91. The zero-order valence-electron chi connectivity index (χ0n) is 17.9. The molecule has 1 aromatic heterocycles. The lowest BCUT2D eigenvalue weighted by molar-refractivity contribution is -0.194. The van der Waals surface area contributed by atoms with E-state index in [1.165, 1.54) is 24.3 Å². The summed E-state index contributed by atoms with van der Waals surface area (Å²) in [5.74, 6) is -1.22. The third-order valence-corrected chi connectivity index (χ3v) is 7.51. The Morgan fingerprint density at radius 2 is 1.91 bits per heavy atom. The fourth-order valence-electron chi connectivity index (χ4n) is 2.91. The number of aldehydes is 1. The Labute approximate surface area is 194 Å². The number of benzene rings is 1. The lowest BCUT2D eigenvalue weighted by atomic mass is 10.1. The Hall–Kier alpha value is -2.28. The molecule has 0 atom stereocenters. The molecule has 0 saturated carbocycles. The van der Waals surface area contributed by atoms with Crippen molar-refractivity contribution in [1.82, 2.24) is 9.79 Å². The van der Waals surface area contributed by atoms with Crippen LogP contribution in [0.4, 0.5) is 13.2 Å². The number of hydrogen-bond acceptors (Lipinski definition) is 7. The minimum Gasteiger partial charge on any atom is -0.361 e. The molecule has 0 spiro atoms. The molecular weight excluding hydrogens is 481 g/mol. The average Bonchev–Trinajstić information content (AvgIpc) is 3.22. The van der Waals surface area contributed by atoms with E-state index in [1.807, 2.05) is 0 Å². The second kappa shape index (κ2) is 12.3. The molecule has 0 aliphatic heterocycles. The van der Waals surface area contributed by atoms with Crippen molar-refractivity contribution in [2.45, 2.75) is 56.1 Å². The second-order valence-corrected chi connectivity index (χ2v) is 10.4. The number of rotatable bonds is 13. The van der Waals surface area contributed by atoms with Crippen LogP contribution in [0.5, 0.6) is 0 Å². The highest BCUT2D eigenvalue weighted by atomic mass is 32.2. The van der Waals surface area contributed by atoms with Crippen LogP contribution in [0.1, 0.15) is 48.6 Å². The van der Waals surface area contributed by atoms with Gasteiger partial charge in [-0.2, -0.15) is 13.2 Å². The number of sulfonamides is 1. The Balaban J connectivity index is 2.11. The number of nitrogens with one attached hydrogen (secondary N) is 1. The van der Waals surface area contributed by atoms with Crippen LogP contribution in [0.15, 0.2) is 40.6 Å². The van der Waals surface area contributed by atoms with Crippen molar-refractivity contribution in [3.63, 3.8) is 0 Å². The first-order valence-electron chi connectivity index (χ1n) is 10.2. The zero-order chi connectivity index (χ0) is 24.5. The third kappa shape index (κ3) is 8.88. The van der Waals surface area contributed by atoms with Crippen molar-refractivity contribution in [3.05, 3.63) is 52.4 Å². The summed E-state index contributed by atoms with van der Waals surface area (Å²) in [6.45, 7) is 2.01. The fourth-order valence-corrected chi connectivity index (χ4v) is 5.39. The van der Waals surface area contributed by atoms with Crippen molar-refractivity contribution in [1.29, 1.82) is 0 Å². The van der Waals surface area contributed by atoms with Crippen LogP contribution < -0.4 is 4.72 Å². The molecule has 0 unspecified atom stereocenters. The standard InChI is InChI=1S/C21H25F3N2O5S2/c1-2-3-4-5-11-25-33(29,30)20-10-9-18(32-20)14-26(31-19(28)15-27)13-16-7-6-8-17(12-16)21(22,23)24/h6-10,12,15,25H,2-5,11,13-14H2,1H3. The molecule has 0 aliphatic carbocycles. The van der Waals surface area contributed by atoms with E-state index in [1.54, 1.807) is 0 Å². The summed E-state index contributed by atoms with van der Waals surface area (Å²) in [4.78, 5) is 27.6. The first kappa shape index (κ1) is 27.0. The number of halogens is 3. The maximum Gasteiger partial charge on any atom is 0.416 e. The maximum absolute atomic E-state index is 13.0. The van der Waals surface area contributed by atoms with Crippen LogP contribution in [0.3, 0.4) is 0 Å². The van der Waals surface area contributed by atoms with Crippen LogP contribution >= 0.6 is 11.3 Å². The summed E-state index contributed by atoms with van der Waals surface area (Å²) in [6.07, 6.45) is -0.912. The number of unbranched alkanes of at least 4 members (excludes halogenated alkanes) is 3. The molecule has 33 heavy (non-hydrogen) atoms. The van der Waals surface area contributed by atoms with Crippen molar-refractivity contribution in [2.24, 2.45) is 0 Å². The lowest BCUT2D eigenvalue weighted by Gasteiger charge is -2.20. The Kier molecular flexibility index (Phi) is 10.0. The molecule has 0 bridgehead atoms. The van der Waals surface area contributed by atoms with Crippen LogP contribution in [-0.2, 0) is 43.7 Å². The Bertz CT molecular complexity index is 1040. The topological polar surface area (TPSA) is 92.8 Å². The molecule has 12 heteroatoms. The Morgan fingerprint density at radius 1 is 1.15 bits per heavy atom. The zero-order valence-corrected chi connectivity index (χ0v) is 19.6. The minimum atomic E-state index is -4.54. The maximum atomic E-state index is 13.0. The van der Waals surface area contributed by atoms with Gasteiger partial charge in [0.1, 0.15) is 4.21 Å². The highest BCUT2D eigenvalue weighted by Crippen LogP contribution is 2.30. The molecule has 7 nitrogen and oxygen atoms in total. The van der Waals surface area contributed by atoms with E-state index in [0.717, 1.165) is 54.2 Å². The van der Waals surface area contributed by atoms with Gasteiger partial charge in [-0.15, -0.1) is 16.4 Å². The molecule has 1 heterocycles. The Morgan fingerprint density at radius 3 is 2.58 bits per heavy atom. The largest absolute Gasteiger partial charge is 0.416 e. The number of nitrogens with zero attached hydrogens (tertiary/aromatic N) is 1. The third-order valence-electron chi connectivity index (χ3n) is 4.48. The van der Waals surface area contributed by atoms with Gasteiger partial charge in [-0.05, 0) is 30.2 Å². The smallest absolute Gasteiger partial charge is 0.361 e. The number of thiophene rings is 1. The van der Waals surface area contributed by atoms with E-state index in [-0.39, 0.29) is 29.1 Å². The summed E-state index contributed by atoms with van der Waals surface area (Å²) in [6, 6.07) is 7.39. The molecule has 0 radical (unpaired) electrons. The van der Waals surface area contributed by atoms with Crippen molar-refractivity contribution in [2.75, 3.05) is 6.54 Å². The van der Waals surface area contributed by atoms with Crippen molar-refractivity contribution < 1.29 is 36.0 Å². The SMILES string of the molecule is CCCCCCNS(=O)(=O)c1ccc(CN(Cc2cccc(C(F)(F)F)c2)OC(=O)C=O)s1. The van der Waals surface area contributed by atoms with E-state index in [0.29, 0.717) is 11.4 Å². The number of hydroxylamine groups is 2. The van der Waals surface area contributed by atoms with Crippen LogP contribution in [-0.4, -0.2) is 32.3 Å². The molecule has 1 aromatic carbocycles. The first-order chi connectivity index (χ1) is 15.5. The predicted octanol–water partition coefficient (Wildman–Crippen LogP) is 4.28. The van der Waals surface area contributed by atoms with Gasteiger partial charge in [0, 0.05) is 11.4 Å². The van der Waals surface area contributed by atoms with Gasteiger partial charge in [0.05, 0.1) is 18.7 Å². The van der Waals surface area contributed by atoms with Crippen LogP contribution in [0, 0.1) is 0 Å². The lowest BCUT2D eigenvalue weighted by Crippen LogP contribution is -2.27. The molecule has 0 saturated heterocycles. The van der Waals surface area contributed by atoms with Gasteiger partial charge in [-0.1, -0.05) is 44.4 Å². The number of alkyl halides is 3. The van der Waals surface area contributed by atoms with Gasteiger partial charge in [0.15, 0.2) is 0 Å². The normalized spacial score (nSPS) is 12.2. The van der Waals surface area contributed by atoms with Crippen LogP contribution in [0.2, 0.25) is 0 Å². The molecule has 2 aromatic rings. The number of hydrogen-bond donors (Lipinski definition) is 1. The van der Waals surface area contributed by atoms with E-state index >= 15 is 0 Å². The van der Waals surface area contributed by atoms with Gasteiger partial charge in [-0.25, -0.2) is 17.9 Å². The molecule has 0 aliphatic rings. The van der Waals surface area contributed by atoms with E-state index in [9.17, 15) is 31.2 Å².